The summed E-state index contributed by atoms with van der Waals surface area (Å²) in [6.07, 6.45) is 3.83. The van der Waals surface area contributed by atoms with Gasteiger partial charge in [-0.3, -0.25) is 4.79 Å². The van der Waals surface area contributed by atoms with Crippen molar-refractivity contribution in [3.63, 3.8) is 0 Å². The second kappa shape index (κ2) is 7.98. The van der Waals surface area contributed by atoms with Crippen LogP contribution in [-0.2, 0) is 28.3 Å². The van der Waals surface area contributed by atoms with Crippen LogP contribution in [0.15, 0.2) is 23.1 Å². The van der Waals surface area contributed by atoms with Crippen LogP contribution in [0.3, 0.4) is 0 Å². The number of piperidine rings is 1. The number of benzene rings is 1. The van der Waals surface area contributed by atoms with E-state index in [4.69, 9.17) is 0 Å². The van der Waals surface area contributed by atoms with Gasteiger partial charge in [-0.25, -0.2) is 13.4 Å². The van der Waals surface area contributed by atoms with Crippen molar-refractivity contribution in [2.45, 2.75) is 43.9 Å². The lowest BCUT2D eigenvalue weighted by molar-refractivity contribution is -0.129. The van der Waals surface area contributed by atoms with Gasteiger partial charge < -0.3 is 9.47 Å². The van der Waals surface area contributed by atoms with Gasteiger partial charge in [-0.15, -0.1) is 0 Å². The average Bonchev–Trinajstić information content (AvgIpc) is 3.01. The summed E-state index contributed by atoms with van der Waals surface area (Å²) in [5, 5.41) is 0. The maximum absolute atomic E-state index is 12.9. The lowest BCUT2D eigenvalue weighted by Gasteiger charge is -2.25. The number of imidazole rings is 1. The highest BCUT2D eigenvalue weighted by Crippen LogP contribution is 2.24. The molecule has 8 heteroatoms. The van der Waals surface area contributed by atoms with E-state index in [0.29, 0.717) is 42.9 Å². The normalized spacial score (nSPS) is 16.0. The minimum atomic E-state index is -3.47. The van der Waals surface area contributed by atoms with Gasteiger partial charge in [-0.2, -0.15) is 4.31 Å². The third-order valence-corrected chi connectivity index (χ3v) is 7.25. The van der Waals surface area contributed by atoms with Crippen molar-refractivity contribution in [3.8, 4) is 0 Å². The van der Waals surface area contributed by atoms with Crippen LogP contribution in [0.1, 0.15) is 38.4 Å². The first-order valence-electron chi connectivity index (χ1n) is 9.54. The lowest BCUT2D eigenvalue weighted by Crippen LogP contribution is -2.35. The van der Waals surface area contributed by atoms with E-state index >= 15 is 0 Å². The van der Waals surface area contributed by atoms with Crippen LogP contribution in [-0.4, -0.2) is 59.8 Å². The van der Waals surface area contributed by atoms with Crippen LogP contribution in [0.2, 0.25) is 0 Å². The molecule has 3 rings (SSSR count). The van der Waals surface area contributed by atoms with E-state index in [2.05, 4.69) is 4.98 Å². The van der Waals surface area contributed by atoms with Crippen molar-refractivity contribution in [2.24, 2.45) is 7.05 Å². The highest BCUT2D eigenvalue weighted by Gasteiger charge is 2.26. The summed E-state index contributed by atoms with van der Waals surface area (Å²) < 4.78 is 29.3. The summed E-state index contributed by atoms with van der Waals surface area (Å²) in [5.41, 5.74) is 1.53. The molecule has 0 saturated carbocycles. The highest BCUT2D eigenvalue weighted by atomic mass is 32.2. The fourth-order valence-electron chi connectivity index (χ4n) is 3.45. The smallest absolute Gasteiger partial charge is 0.243 e. The Labute approximate surface area is 161 Å². The van der Waals surface area contributed by atoms with Crippen LogP contribution in [0.4, 0.5) is 0 Å². The lowest BCUT2D eigenvalue weighted by atomic mass is 10.2. The second-order valence-electron chi connectivity index (χ2n) is 7.11. The summed E-state index contributed by atoms with van der Waals surface area (Å²) in [6, 6.07) is 5.12. The third kappa shape index (κ3) is 4.01. The maximum atomic E-state index is 12.9. The molecule has 0 N–H and O–H groups in total. The molecule has 2 heterocycles. The topological polar surface area (TPSA) is 75.5 Å². The van der Waals surface area contributed by atoms with E-state index in [9.17, 15) is 13.2 Å². The molecule has 1 fully saturated rings. The number of hydrogen-bond acceptors (Lipinski definition) is 4. The minimum Gasteiger partial charge on any atom is -0.346 e. The Morgan fingerprint density at radius 1 is 1.22 bits per heavy atom. The third-order valence-electron chi connectivity index (χ3n) is 5.36. The van der Waals surface area contributed by atoms with Gasteiger partial charge in [0.15, 0.2) is 0 Å². The molecule has 1 aromatic carbocycles. The maximum Gasteiger partial charge on any atom is 0.243 e. The Morgan fingerprint density at radius 2 is 1.93 bits per heavy atom. The van der Waals surface area contributed by atoms with Crippen LogP contribution in [0.25, 0.3) is 11.0 Å². The fourth-order valence-corrected chi connectivity index (χ4v) is 4.99. The summed E-state index contributed by atoms with van der Waals surface area (Å²) in [5.74, 6) is 0.869. The Hall–Kier alpha value is -1.93. The molecule has 1 aliphatic rings. The number of aryl methyl sites for hydroxylation is 2. The zero-order valence-corrected chi connectivity index (χ0v) is 17.1. The summed E-state index contributed by atoms with van der Waals surface area (Å²) in [4.78, 5) is 18.6. The number of sulfonamides is 1. The molecule has 7 nitrogen and oxygen atoms in total. The number of amides is 1. The molecule has 1 aromatic heterocycles. The van der Waals surface area contributed by atoms with Crippen LogP contribution >= 0.6 is 0 Å². The molecule has 1 saturated heterocycles. The van der Waals surface area contributed by atoms with Gasteiger partial charge in [0.05, 0.1) is 15.9 Å². The molecular weight excluding hydrogens is 364 g/mol. The molecule has 27 heavy (non-hydrogen) atoms. The first kappa shape index (κ1) is 19.8. The van der Waals surface area contributed by atoms with Crippen molar-refractivity contribution in [3.05, 3.63) is 24.0 Å². The summed E-state index contributed by atoms with van der Waals surface area (Å²) in [7, 11) is 0.213. The van der Waals surface area contributed by atoms with E-state index < -0.39 is 10.0 Å². The standard InChI is InChI=1S/C19H28N4O3S/c1-4-21(2)19(24)11-10-18-20-16-14-15(8-9-17(16)22(18)3)27(25,26)23-12-6-5-7-13-23/h8-9,14H,4-7,10-13H2,1-3H3. The SMILES string of the molecule is CCN(C)C(=O)CCc1nc2cc(S(=O)(=O)N3CCCCC3)ccc2n1C. The Morgan fingerprint density at radius 3 is 2.59 bits per heavy atom. The predicted octanol–water partition coefficient (Wildman–Crippen LogP) is 2.16. The number of aromatic nitrogens is 2. The van der Waals surface area contributed by atoms with Gasteiger partial charge in [0.25, 0.3) is 0 Å². The Bertz CT molecular complexity index is 930. The molecular formula is C19H28N4O3S. The number of rotatable bonds is 6. The highest BCUT2D eigenvalue weighted by molar-refractivity contribution is 7.89. The molecule has 148 valence electrons. The number of nitrogens with zero attached hydrogens (tertiary/aromatic N) is 4. The number of fused-ring (bicyclic) bond motifs is 1. The Kier molecular flexibility index (Phi) is 5.86. The summed E-state index contributed by atoms with van der Waals surface area (Å²) >= 11 is 0. The largest absolute Gasteiger partial charge is 0.346 e. The van der Waals surface area contributed by atoms with Gasteiger partial charge in [-0.1, -0.05) is 6.42 Å². The van der Waals surface area contributed by atoms with E-state index in [1.54, 1.807) is 28.4 Å². The van der Waals surface area contributed by atoms with Gasteiger partial charge >= 0.3 is 0 Å². The van der Waals surface area contributed by atoms with E-state index in [1.165, 1.54) is 0 Å². The molecule has 0 bridgehead atoms. The second-order valence-corrected chi connectivity index (χ2v) is 9.05. The minimum absolute atomic E-state index is 0.0814. The zero-order chi connectivity index (χ0) is 19.6. The van der Waals surface area contributed by atoms with Gasteiger partial charge in [0.2, 0.25) is 15.9 Å². The van der Waals surface area contributed by atoms with Gasteiger partial charge in [0.1, 0.15) is 5.82 Å². The number of carbonyl (C=O) groups is 1. The first-order valence-corrected chi connectivity index (χ1v) is 11.0. The Balaban J connectivity index is 1.84. The van der Waals surface area contributed by atoms with E-state index in [0.717, 1.165) is 30.6 Å². The first-order chi connectivity index (χ1) is 12.8. The van der Waals surface area contributed by atoms with Crippen molar-refractivity contribution in [1.29, 1.82) is 0 Å². The van der Waals surface area contributed by atoms with Crippen molar-refractivity contribution in [1.82, 2.24) is 18.8 Å². The van der Waals surface area contributed by atoms with Crippen molar-refractivity contribution < 1.29 is 13.2 Å². The van der Waals surface area contributed by atoms with E-state index in [1.807, 2.05) is 24.6 Å². The predicted molar refractivity (Wildman–Crippen MR) is 105 cm³/mol. The molecule has 1 amide bonds. The van der Waals surface area contributed by atoms with Crippen LogP contribution < -0.4 is 0 Å². The number of carbonyl (C=O) groups excluding carboxylic acids is 1. The molecule has 2 aromatic rings. The molecule has 0 aliphatic carbocycles. The molecule has 1 aliphatic heterocycles. The van der Waals surface area contributed by atoms with Gasteiger partial charge in [-0.05, 0) is 38.0 Å². The van der Waals surface area contributed by atoms with Crippen LogP contribution in [0.5, 0.6) is 0 Å². The molecule has 0 spiro atoms. The van der Waals surface area contributed by atoms with Crippen LogP contribution in [0, 0.1) is 0 Å². The quantitative estimate of drug-likeness (QED) is 0.755. The fraction of sp³-hybridized carbons (Fsp3) is 0.579. The number of hydrogen-bond donors (Lipinski definition) is 0. The molecule has 0 radical (unpaired) electrons. The molecule has 0 unspecified atom stereocenters. The zero-order valence-electron chi connectivity index (χ0n) is 16.3. The average molecular weight is 393 g/mol. The van der Waals surface area contributed by atoms with Crippen molar-refractivity contribution in [2.75, 3.05) is 26.7 Å². The van der Waals surface area contributed by atoms with E-state index in [-0.39, 0.29) is 5.91 Å². The molecule has 0 atom stereocenters. The monoisotopic (exact) mass is 392 g/mol. The van der Waals surface area contributed by atoms with Crippen molar-refractivity contribution >= 4 is 27.0 Å². The summed E-state index contributed by atoms with van der Waals surface area (Å²) in [6.45, 7) is 3.79. The van der Waals surface area contributed by atoms with Gasteiger partial charge in [0, 0.05) is 46.6 Å².